The first-order chi connectivity index (χ1) is 13.2. The molecule has 0 bridgehead atoms. The lowest BCUT2D eigenvalue weighted by Crippen LogP contribution is -1.96. The van der Waals surface area contributed by atoms with Crippen molar-refractivity contribution in [2.45, 2.75) is 19.8 Å². The Morgan fingerprint density at radius 2 is 1.78 bits per heavy atom. The highest BCUT2D eigenvalue weighted by atomic mass is 15.0. The molecular weight excluding hydrogens is 330 g/mol. The van der Waals surface area contributed by atoms with Crippen molar-refractivity contribution in [1.82, 2.24) is 14.5 Å². The van der Waals surface area contributed by atoms with E-state index in [-0.39, 0.29) is 0 Å². The Hall–Kier alpha value is -3.33. The third kappa shape index (κ3) is 2.63. The van der Waals surface area contributed by atoms with Gasteiger partial charge in [0.25, 0.3) is 0 Å². The molecule has 1 unspecified atom stereocenters. The summed E-state index contributed by atoms with van der Waals surface area (Å²) in [6, 6.07) is 23.7. The van der Waals surface area contributed by atoms with Crippen molar-refractivity contribution in [3.63, 3.8) is 0 Å². The number of rotatable bonds is 3. The molecule has 1 atom stereocenters. The first kappa shape index (κ1) is 15.9. The van der Waals surface area contributed by atoms with E-state index >= 15 is 0 Å². The van der Waals surface area contributed by atoms with E-state index in [4.69, 9.17) is 0 Å². The second-order valence-corrected chi connectivity index (χ2v) is 7.20. The summed E-state index contributed by atoms with van der Waals surface area (Å²) in [6.45, 7) is 4.38. The van der Waals surface area contributed by atoms with Crippen LogP contribution in [-0.2, 0) is 0 Å². The molecule has 3 nitrogen and oxygen atoms in total. The molecule has 3 heteroatoms. The van der Waals surface area contributed by atoms with E-state index in [0.29, 0.717) is 5.92 Å². The van der Waals surface area contributed by atoms with Crippen molar-refractivity contribution in [1.29, 1.82) is 0 Å². The molecule has 5 rings (SSSR count). The quantitative estimate of drug-likeness (QED) is 0.427. The molecule has 0 spiro atoms. The number of imidazole rings is 1. The van der Waals surface area contributed by atoms with Crippen molar-refractivity contribution in [3.8, 4) is 5.69 Å². The number of H-pyrrole nitrogens is 1. The van der Waals surface area contributed by atoms with Gasteiger partial charge in [-0.25, -0.2) is 4.98 Å². The van der Waals surface area contributed by atoms with Crippen LogP contribution in [0.4, 0.5) is 0 Å². The van der Waals surface area contributed by atoms with Gasteiger partial charge in [-0.3, -0.25) is 4.57 Å². The van der Waals surface area contributed by atoms with Gasteiger partial charge >= 0.3 is 0 Å². The lowest BCUT2D eigenvalue weighted by molar-refractivity contribution is 0.924. The second kappa shape index (κ2) is 6.13. The molecule has 0 fully saturated rings. The number of aryl methyl sites for hydroxylation is 1. The van der Waals surface area contributed by atoms with Crippen molar-refractivity contribution in [3.05, 3.63) is 95.9 Å². The van der Waals surface area contributed by atoms with Crippen molar-refractivity contribution >= 4 is 21.9 Å². The highest BCUT2D eigenvalue weighted by Gasteiger charge is 2.12. The van der Waals surface area contributed by atoms with Crippen LogP contribution >= 0.6 is 0 Å². The molecule has 0 saturated carbocycles. The van der Waals surface area contributed by atoms with Gasteiger partial charge in [0.1, 0.15) is 6.33 Å². The van der Waals surface area contributed by atoms with E-state index in [1.807, 2.05) is 6.33 Å². The molecule has 0 aliphatic heterocycles. The maximum atomic E-state index is 4.68. The highest BCUT2D eigenvalue weighted by Crippen LogP contribution is 2.28. The van der Waals surface area contributed by atoms with Crippen LogP contribution in [0.2, 0.25) is 0 Å². The van der Waals surface area contributed by atoms with Gasteiger partial charge in [0.2, 0.25) is 0 Å². The van der Waals surface area contributed by atoms with Crippen molar-refractivity contribution in [2.75, 3.05) is 0 Å². The van der Waals surface area contributed by atoms with Gasteiger partial charge in [0.05, 0.1) is 11.0 Å². The molecule has 0 aliphatic rings. The molecule has 1 N–H and O–H groups in total. The van der Waals surface area contributed by atoms with Crippen LogP contribution in [0.3, 0.4) is 0 Å². The third-order valence-corrected chi connectivity index (χ3v) is 5.52. The van der Waals surface area contributed by atoms with Gasteiger partial charge in [-0.05, 0) is 53.9 Å². The monoisotopic (exact) mass is 351 g/mol. The Bertz CT molecular complexity index is 1240. The van der Waals surface area contributed by atoms with Crippen LogP contribution in [0, 0.1) is 6.92 Å². The Morgan fingerprint density at radius 1 is 0.926 bits per heavy atom. The molecule has 27 heavy (non-hydrogen) atoms. The molecule has 0 aliphatic carbocycles. The standard InChI is InChI=1S/C24H21N3/c1-16-14-25-22-10-9-20(13-21(16)22)27-15-26-23-12-19(8-11-24(23)27)17(2)18-6-4-3-5-7-18/h3-15,17,25H,1-2H3. The molecule has 0 amide bonds. The average Bonchev–Trinajstić information content (AvgIpc) is 3.31. The number of nitrogens with zero attached hydrogens (tertiary/aromatic N) is 2. The molecule has 5 aromatic rings. The Balaban J connectivity index is 1.58. The zero-order valence-corrected chi connectivity index (χ0v) is 15.5. The highest BCUT2D eigenvalue weighted by molar-refractivity contribution is 5.86. The molecular formula is C24H21N3. The van der Waals surface area contributed by atoms with Gasteiger partial charge in [-0.15, -0.1) is 0 Å². The smallest absolute Gasteiger partial charge is 0.100 e. The van der Waals surface area contributed by atoms with E-state index in [1.54, 1.807) is 0 Å². The summed E-state index contributed by atoms with van der Waals surface area (Å²) in [5.74, 6) is 0.347. The Labute approximate surface area is 158 Å². The summed E-state index contributed by atoms with van der Waals surface area (Å²) in [5, 5.41) is 1.25. The average molecular weight is 351 g/mol. The molecule has 132 valence electrons. The van der Waals surface area contributed by atoms with Crippen molar-refractivity contribution < 1.29 is 0 Å². The number of benzene rings is 3. The molecule has 0 radical (unpaired) electrons. The number of fused-ring (bicyclic) bond motifs is 2. The van der Waals surface area contributed by atoms with E-state index in [9.17, 15) is 0 Å². The fourth-order valence-corrected chi connectivity index (χ4v) is 3.84. The van der Waals surface area contributed by atoms with Crippen LogP contribution in [0.15, 0.2) is 79.3 Å². The molecule has 0 saturated heterocycles. The number of nitrogens with one attached hydrogen (secondary N) is 1. The van der Waals surface area contributed by atoms with E-state index in [1.165, 1.54) is 27.6 Å². The van der Waals surface area contributed by atoms with Crippen LogP contribution in [-0.4, -0.2) is 14.5 Å². The molecule has 2 aromatic heterocycles. The topological polar surface area (TPSA) is 33.6 Å². The van der Waals surface area contributed by atoms with Crippen molar-refractivity contribution in [2.24, 2.45) is 0 Å². The molecule has 3 aromatic carbocycles. The minimum Gasteiger partial charge on any atom is -0.361 e. The first-order valence-corrected chi connectivity index (χ1v) is 9.31. The fourth-order valence-electron chi connectivity index (χ4n) is 3.84. The zero-order valence-electron chi connectivity index (χ0n) is 15.5. The number of aromatic nitrogens is 3. The SMILES string of the molecule is Cc1c[nH]c2ccc(-n3cnc4cc(C(C)c5ccccc5)ccc43)cc12. The summed E-state index contributed by atoms with van der Waals surface area (Å²) in [4.78, 5) is 7.99. The summed E-state index contributed by atoms with van der Waals surface area (Å²) in [6.07, 6.45) is 3.97. The van der Waals surface area contributed by atoms with Gasteiger partial charge in [0, 0.05) is 28.7 Å². The van der Waals surface area contributed by atoms with Crippen LogP contribution in [0.25, 0.3) is 27.6 Å². The fraction of sp³-hybridized carbons (Fsp3) is 0.125. The maximum Gasteiger partial charge on any atom is 0.100 e. The Morgan fingerprint density at radius 3 is 2.63 bits per heavy atom. The predicted molar refractivity (Wildman–Crippen MR) is 112 cm³/mol. The van der Waals surface area contributed by atoms with Gasteiger partial charge < -0.3 is 4.98 Å². The van der Waals surface area contributed by atoms with Gasteiger partial charge in [0.15, 0.2) is 0 Å². The second-order valence-electron chi connectivity index (χ2n) is 7.20. The lowest BCUT2D eigenvalue weighted by Gasteiger charge is -2.12. The third-order valence-electron chi connectivity index (χ3n) is 5.52. The number of hydrogen-bond donors (Lipinski definition) is 1. The maximum absolute atomic E-state index is 4.68. The number of aromatic amines is 1. The van der Waals surface area contributed by atoms with Gasteiger partial charge in [-0.2, -0.15) is 0 Å². The normalized spacial score (nSPS) is 12.7. The Kier molecular flexibility index (Phi) is 3.61. The zero-order chi connectivity index (χ0) is 18.4. The van der Waals surface area contributed by atoms with Crippen LogP contribution < -0.4 is 0 Å². The van der Waals surface area contributed by atoms with E-state index < -0.39 is 0 Å². The first-order valence-electron chi connectivity index (χ1n) is 9.31. The predicted octanol–water partition coefficient (Wildman–Crippen LogP) is 5.97. The lowest BCUT2D eigenvalue weighted by atomic mass is 9.93. The van der Waals surface area contributed by atoms with E-state index in [0.717, 1.165) is 16.7 Å². The van der Waals surface area contributed by atoms with Crippen LogP contribution in [0.5, 0.6) is 0 Å². The minimum absolute atomic E-state index is 0.347. The largest absolute Gasteiger partial charge is 0.361 e. The van der Waals surface area contributed by atoms with Crippen LogP contribution in [0.1, 0.15) is 29.5 Å². The number of hydrogen-bond acceptors (Lipinski definition) is 1. The summed E-state index contributed by atoms with van der Waals surface area (Å²) < 4.78 is 2.16. The summed E-state index contributed by atoms with van der Waals surface area (Å²) >= 11 is 0. The minimum atomic E-state index is 0.347. The van der Waals surface area contributed by atoms with E-state index in [2.05, 4.69) is 101 Å². The summed E-state index contributed by atoms with van der Waals surface area (Å²) in [7, 11) is 0. The molecule has 2 heterocycles. The van der Waals surface area contributed by atoms with Gasteiger partial charge in [-0.1, -0.05) is 43.3 Å². The summed E-state index contributed by atoms with van der Waals surface area (Å²) in [5.41, 5.74) is 8.33.